The topological polar surface area (TPSA) is 61.4 Å². The molecule has 0 aliphatic carbocycles. The van der Waals surface area contributed by atoms with E-state index in [0.717, 1.165) is 6.42 Å². The first kappa shape index (κ1) is 21.2. The van der Waals surface area contributed by atoms with Crippen molar-refractivity contribution in [2.45, 2.75) is 65.6 Å². The van der Waals surface area contributed by atoms with Crippen LogP contribution < -0.4 is 10.6 Å². The Balaban J connectivity index is 2.06. The van der Waals surface area contributed by atoms with Crippen molar-refractivity contribution in [2.24, 2.45) is 0 Å². The lowest BCUT2D eigenvalue weighted by Gasteiger charge is -2.23. The van der Waals surface area contributed by atoms with Crippen molar-refractivity contribution in [3.63, 3.8) is 0 Å². The van der Waals surface area contributed by atoms with E-state index in [0.29, 0.717) is 32.5 Å². The average Bonchev–Trinajstić information content (AvgIpc) is 2.96. The van der Waals surface area contributed by atoms with Crippen LogP contribution in [-0.2, 0) is 16.1 Å². The standard InChI is InChI=1S/C22H33N3O2/c1-5-7-8-9-21(26)24-19-13-20(22(27)23-6-2)25(15-19)14-18-11-16(3)10-17(4)12-18/h7-8,10-12,19-20H,5-6,9,13-15H2,1-4H3,(H,23,27)(H,24,26)/b8-7+/t19-,20-/m0/s1. The lowest BCUT2D eigenvalue weighted by Crippen LogP contribution is -2.42. The van der Waals surface area contributed by atoms with Crippen LogP contribution in [0.3, 0.4) is 0 Å². The summed E-state index contributed by atoms with van der Waals surface area (Å²) in [4.78, 5) is 26.9. The Labute approximate surface area is 163 Å². The van der Waals surface area contributed by atoms with Gasteiger partial charge in [0, 0.05) is 32.1 Å². The number of allylic oxidation sites excluding steroid dienone is 1. The smallest absolute Gasteiger partial charge is 0.237 e. The van der Waals surface area contributed by atoms with Crippen molar-refractivity contribution in [3.05, 3.63) is 47.0 Å². The molecular weight excluding hydrogens is 338 g/mol. The van der Waals surface area contributed by atoms with Crippen LogP contribution in [0.5, 0.6) is 0 Å². The maximum Gasteiger partial charge on any atom is 0.237 e. The number of likely N-dealkylation sites (N-methyl/N-ethyl adjacent to an activating group) is 1. The Bertz CT molecular complexity index is 664. The fourth-order valence-corrected chi connectivity index (χ4v) is 3.79. The van der Waals surface area contributed by atoms with E-state index >= 15 is 0 Å². The Hall–Kier alpha value is -2.14. The van der Waals surface area contributed by atoms with E-state index in [-0.39, 0.29) is 23.9 Å². The number of hydrogen-bond donors (Lipinski definition) is 2. The van der Waals surface area contributed by atoms with Crippen molar-refractivity contribution in [2.75, 3.05) is 13.1 Å². The normalized spacial score (nSPS) is 20.1. The molecule has 2 N–H and O–H groups in total. The van der Waals surface area contributed by atoms with Gasteiger partial charge in [-0.25, -0.2) is 0 Å². The van der Waals surface area contributed by atoms with Gasteiger partial charge in [-0.3, -0.25) is 14.5 Å². The predicted octanol–water partition coefficient (Wildman–Crippen LogP) is 2.85. The zero-order valence-corrected chi connectivity index (χ0v) is 17.0. The summed E-state index contributed by atoms with van der Waals surface area (Å²) in [6.45, 7) is 10.2. The third kappa shape index (κ3) is 6.51. The number of rotatable bonds is 8. The van der Waals surface area contributed by atoms with Crippen LogP contribution in [0, 0.1) is 13.8 Å². The molecule has 1 aliphatic rings. The summed E-state index contributed by atoms with van der Waals surface area (Å²) in [5.74, 6) is 0.0668. The minimum atomic E-state index is -0.206. The van der Waals surface area contributed by atoms with E-state index in [4.69, 9.17) is 0 Å². The van der Waals surface area contributed by atoms with E-state index in [2.05, 4.69) is 47.6 Å². The minimum absolute atomic E-state index is 0.00559. The second kappa shape index (κ2) is 10.3. The molecule has 0 spiro atoms. The number of likely N-dealkylation sites (tertiary alicyclic amines) is 1. The monoisotopic (exact) mass is 371 g/mol. The molecule has 0 aromatic heterocycles. The quantitative estimate of drug-likeness (QED) is 0.691. The Kier molecular flexibility index (Phi) is 8.04. The van der Waals surface area contributed by atoms with Gasteiger partial charge in [0.15, 0.2) is 0 Å². The Morgan fingerprint density at radius 2 is 1.85 bits per heavy atom. The number of carbonyl (C=O) groups is 2. The number of nitrogens with one attached hydrogen (secondary N) is 2. The summed E-state index contributed by atoms with van der Waals surface area (Å²) in [6, 6.07) is 6.29. The molecule has 2 rings (SSSR count). The van der Waals surface area contributed by atoms with Crippen molar-refractivity contribution >= 4 is 11.8 Å². The molecule has 1 heterocycles. The lowest BCUT2D eigenvalue weighted by molar-refractivity contribution is -0.125. The summed E-state index contributed by atoms with van der Waals surface area (Å²) >= 11 is 0. The number of amides is 2. The van der Waals surface area contributed by atoms with Crippen LogP contribution in [0.2, 0.25) is 0 Å². The van der Waals surface area contributed by atoms with Gasteiger partial charge in [-0.15, -0.1) is 0 Å². The second-order valence-electron chi connectivity index (χ2n) is 7.42. The third-order valence-electron chi connectivity index (χ3n) is 4.79. The molecule has 1 fully saturated rings. The molecule has 0 saturated carbocycles. The zero-order valence-electron chi connectivity index (χ0n) is 17.0. The van der Waals surface area contributed by atoms with E-state index in [1.807, 2.05) is 26.0 Å². The summed E-state index contributed by atoms with van der Waals surface area (Å²) in [7, 11) is 0. The largest absolute Gasteiger partial charge is 0.355 e. The molecule has 5 heteroatoms. The van der Waals surface area contributed by atoms with Gasteiger partial charge in [0.2, 0.25) is 11.8 Å². The molecule has 1 aromatic carbocycles. The van der Waals surface area contributed by atoms with E-state index in [1.165, 1.54) is 16.7 Å². The van der Waals surface area contributed by atoms with Crippen molar-refractivity contribution < 1.29 is 9.59 Å². The van der Waals surface area contributed by atoms with Crippen LogP contribution in [0.25, 0.3) is 0 Å². The molecule has 1 aromatic rings. The molecule has 1 aliphatic heterocycles. The molecule has 2 amide bonds. The van der Waals surface area contributed by atoms with Gasteiger partial charge in [0.05, 0.1) is 6.04 Å². The van der Waals surface area contributed by atoms with Crippen LogP contribution in [-0.4, -0.2) is 41.9 Å². The van der Waals surface area contributed by atoms with E-state index < -0.39 is 0 Å². The van der Waals surface area contributed by atoms with Crippen molar-refractivity contribution in [1.29, 1.82) is 0 Å². The Morgan fingerprint density at radius 3 is 2.48 bits per heavy atom. The maximum absolute atomic E-state index is 12.5. The molecule has 148 valence electrons. The van der Waals surface area contributed by atoms with Gasteiger partial charge < -0.3 is 10.6 Å². The predicted molar refractivity (Wildman–Crippen MR) is 109 cm³/mol. The van der Waals surface area contributed by atoms with Gasteiger partial charge in [-0.05, 0) is 39.2 Å². The van der Waals surface area contributed by atoms with Gasteiger partial charge in [0.1, 0.15) is 0 Å². The SMILES string of the molecule is CC/C=C/CC(=O)N[C@H]1C[C@@H](C(=O)NCC)N(Cc2cc(C)cc(C)c2)C1. The highest BCUT2D eigenvalue weighted by Gasteiger charge is 2.37. The average molecular weight is 372 g/mol. The van der Waals surface area contributed by atoms with Gasteiger partial charge in [0.25, 0.3) is 0 Å². The fourth-order valence-electron chi connectivity index (χ4n) is 3.79. The molecule has 1 saturated heterocycles. The van der Waals surface area contributed by atoms with Crippen LogP contribution in [0.15, 0.2) is 30.4 Å². The van der Waals surface area contributed by atoms with Gasteiger partial charge in [-0.1, -0.05) is 48.4 Å². The number of hydrogen-bond acceptors (Lipinski definition) is 3. The maximum atomic E-state index is 12.5. The van der Waals surface area contributed by atoms with Crippen LogP contribution in [0.4, 0.5) is 0 Å². The second-order valence-corrected chi connectivity index (χ2v) is 7.42. The minimum Gasteiger partial charge on any atom is -0.355 e. The highest BCUT2D eigenvalue weighted by atomic mass is 16.2. The highest BCUT2D eigenvalue weighted by Crippen LogP contribution is 2.22. The van der Waals surface area contributed by atoms with Crippen LogP contribution >= 0.6 is 0 Å². The first-order chi connectivity index (χ1) is 12.9. The first-order valence-electron chi connectivity index (χ1n) is 9.96. The molecule has 5 nitrogen and oxygen atoms in total. The summed E-state index contributed by atoms with van der Waals surface area (Å²) in [6.07, 6.45) is 5.88. The first-order valence-corrected chi connectivity index (χ1v) is 9.96. The molecule has 0 unspecified atom stereocenters. The van der Waals surface area contributed by atoms with Crippen molar-refractivity contribution in [1.82, 2.24) is 15.5 Å². The molecule has 0 radical (unpaired) electrons. The molecular formula is C22H33N3O2. The van der Waals surface area contributed by atoms with Gasteiger partial charge in [-0.2, -0.15) is 0 Å². The number of nitrogens with zero attached hydrogens (tertiary/aromatic N) is 1. The number of benzene rings is 1. The molecule has 0 bridgehead atoms. The number of aryl methyl sites for hydroxylation is 2. The third-order valence-corrected chi connectivity index (χ3v) is 4.79. The summed E-state index contributed by atoms with van der Waals surface area (Å²) in [5, 5.41) is 6.03. The molecule has 2 atom stereocenters. The van der Waals surface area contributed by atoms with E-state index in [9.17, 15) is 9.59 Å². The lowest BCUT2D eigenvalue weighted by atomic mass is 10.1. The van der Waals surface area contributed by atoms with E-state index in [1.54, 1.807) is 0 Å². The number of carbonyl (C=O) groups excluding carboxylic acids is 2. The molecule has 27 heavy (non-hydrogen) atoms. The summed E-state index contributed by atoms with van der Waals surface area (Å²) < 4.78 is 0. The van der Waals surface area contributed by atoms with Crippen molar-refractivity contribution in [3.8, 4) is 0 Å². The van der Waals surface area contributed by atoms with Gasteiger partial charge >= 0.3 is 0 Å². The fraction of sp³-hybridized carbons (Fsp3) is 0.545. The Morgan fingerprint density at radius 1 is 1.15 bits per heavy atom. The highest BCUT2D eigenvalue weighted by molar-refractivity contribution is 5.82. The summed E-state index contributed by atoms with van der Waals surface area (Å²) in [5.41, 5.74) is 3.66. The van der Waals surface area contributed by atoms with Crippen LogP contribution in [0.1, 0.15) is 49.8 Å². The zero-order chi connectivity index (χ0) is 19.8.